The van der Waals surface area contributed by atoms with Gasteiger partial charge in [-0.25, -0.2) is 13.1 Å². The fourth-order valence-corrected chi connectivity index (χ4v) is 3.02. The van der Waals surface area contributed by atoms with Gasteiger partial charge in [-0.15, -0.1) is 0 Å². The van der Waals surface area contributed by atoms with Gasteiger partial charge in [0.1, 0.15) is 5.76 Å². The molecule has 1 amide bonds. The molecule has 110 valence electrons. The summed E-state index contributed by atoms with van der Waals surface area (Å²) in [5.41, 5.74) is 0. The monoisotopic (exact) mass is 298 g/mol. The Kier molecular flexibility index (Phi) is 4.61. The number of carbonyl (C=O) groups is 1. The Morgan fingerprint density at radius 1 is 1.55 bits per heavy atom. The zero-order valence-corrected chi connectivity index (χ0v) is 12.1. The van der Waals surface area contributed by atoms with E-state index < -0.39 is 10.0 Å². The first-order chi connectivity index (χ1) is 9.44. The minimum absolute atomic E-state index is 0.138. The number of hydrogen-bond acceptors (Lipinski definition) is 4. The number of rotatable bonds is 4. The van der Waals surface area contributed by atoms with Crippen molar-refractivity contribution in [1.82, 2.24) is 9.62 Å². The number of carbonyl (C=O) groups excluding carboxylic acids is 1. The molecule has 1 N–H and O–H groups in total. The van der Waals surface area contributed by atoms with Crippen molar-refractivity contribution >= 4 is 22.0 Å². The van der Waals surface area contributed by atoms with Gasteiger partial charge in [-0.1, -0.05) is 0 Å². The van der Waals surface area contributed by atoms with Crippen LogP contribution in [0.3, 0.4) is 0 Å². The van der Waals surface area contributed by atoms with Gasteiger partial charge in [0.25, 0.3) is 0 Å². The quantitative estimate of drug-likeness (QED) is 0.835. The largest absolute Gasteiger partial charge is 0.465 e. The van der Waals surface area contributed by atoms with Crippen LogP contribution >= 0.6 is 0 Å². The van der Waals surface area contributed by atoms with Crippen molar-refractivity contribution in [1.29, 1.82) is 0 Å². The Hall–Kier alpha value is -1.60. The highest BCUT2D eigenvalue weighted by atomic mass is 32.2. The first-order valence-corrected chi connectivity index (χ1v) is 8.31. The summed E-state index contributed by atoms with van der Waals surface area (Å²) in [6, 6.07) is 3.30. The van der Waals surface area contributed by atoms with Crippen LogP contribution in [-0.4, -0.2) is 44.6 Å². The van der Waals surface area contributed by atoms with Crippen LogP contribution in [0, 0.1) is 0 Å². The third kappa shape index (κ3) is 4.50. The van der Waals surface area contributed by atoms with E-state index in [0.29, 0.717) is 18.8 Å². The number of nitrogens with one attached hydrogen (secondary N) is 1. The second-order valence-electron chi connectivity index (χ2n) is 4.86. The molecular weight excluding hydrogens is 280 g/mol. The number of piperidine rings is 1. The van der Waals surface area contributed by atoms with Crippen molar-refractivity contribution in [2.45, 2.75) is 18.9 Å². The van der Waals surface area contributed by atoms with Crippen LogP contribution in [0.5, 0.6) is 0 Å². The van der Waals surface area contributed by atoms with Gasteiger partial charge in [-0.05, 0) is 31.1 Å². The van der Waals surface area contributed by atoms with E-state index in [1.807, 2.05) is 0 Å². The maximum atomic E-state index is 12.0. The van der Waals surface area contributed by atoms with Crippen LogP contribution in [0.15, 0.2) is 28.9 Å². The summed E-state index contributed by atoms with van der Waals surface area (Å²) < 4.78 is 30.1. The maximum Gasteiger partial charge on any atom is 0.246 e. The summed E-state index contributed by atoms with van der Waals surface area (Å²) >= 11 is 0. The van der Waals surface area contributed by atoms with E-state index >= 15 is 0 Å². The van der Waals surface area contributed by atoms with Crippen molar-refractivity contribution in [2.24, 2.45) is 0 Å². The maximum absolute atomic E-state index is 12.0. The Labute approximate surface area is 118 Å². The summed E-state index contributed by atoms with van der Waals surface area (Å²) in [4.78, 5) is 13.7. The van der Waals surface area contributed by atoms with Gasteiger partial charge < -0.3 is 9.32 Å². The molecule has 1 atom stereocenters. The number of likely N-dealkylation sites (tertiary alicyclic amines) is 1. The molecule has 0 aromatic carbocycles. The lowest BCUT2D eigenvalue weighted by Crippen LogP contribution is -2.48. The minimum Gasteiger partial charge on any atom is -0.465 e. The molecule has 2 heterocycles. The lowest BCUT2D eigenvalue weighted by Gasteiger charge is -2.32. The predicted octanol–water partition coefficient (Wildman–Crippen LogP) is 0.833. The molecule has 0 aliphatic carbocycles. The van der Waals surface area contributed by atoms with Crippen LogP contribution in [0.25, 0.3) is 6.08 Å². The van der Waals surface area contributed by atoms with Gasteiger partial charge >= 0.3 is 0 Å². The highest BCUT2D eigenvalue weighted by Crippen LogP contribution is 2.12. The first kappa shape index (κ1) is 14.8. The third-order valence-electron chi connectivity index (χ3n) is 3.05. The molecule has 7 heteroatoms. The molecule has 1 aromatic heterocycles. The topological polar surface area (TPSA) is 79.6 Å². The van der Waals surface area contributed by atoms with Crippen LogP contribution in [0.2, 0.25) is 0 Å². The zero-order valence-electron chi connectivity index (χ0n) is 11.3. The molecule has 1 aliphatic rings. The molecule has 6 nitrogen and oxygen atoms in total. The van der Waals surface area contributed by atoms with Gasteiger partial charge in [-0.2, -0.15) is 0 Å². The number of hydrogen-bond donors (Lipinski definition) is 1. The minimum atomic E-state index is -3.24. The van der Waals surface area contributed by atoms with E-state index in [9.17, 15) is 13.2 Å². The van der Waals surface area contributed by atoms with Crippen molar-refractivity contribution in [3.8, 4) is 0 Å². The summed E-state index contributed by atoms with van der Waals surface area (Å²) in [6.45, 7) is 1.04. The van der Waals surface area contributed by atoms with Crippen LogP contribution in [0.1, 0.15) is 18.6 Å². The van der Waals surface area contributed by atoms with E-state index in [1.54, 1.807) is 23.1 Å². The van der Waals surface area contributed by atoms with E-state index in [-0.39, 0.29) is 11.9 Å². The number of amides is 1. The SMILES string of the molecule is CS(=O)(=O)NC1CCCN(C(=O)/C=C/c2ccco2)C1. The second kappa shape index (κ2) is 6.23. The van der Waals surface area contributed by atoms with Gasteiger partial charge in [0.15, 0.2) is 0 Å². The summed E-state index contributed by atoms with van der Waals surface area (Å²) in [6.07, 6.45) is 7.26. The number of sulfonamides is 1. The Balaban J connectivity index is 1.93. The standard InChI is InChI=1S/C13H18N2O4S/c1-20(17,18)14-11-4-2-8-15(10-11)13(16)7-6-12-5-3-9-19-12/h3,5-7,9,11,14H,2,4,8,10H2,1H3/b7-6+. The Morgan fingerprint density at radius 2 is 2.35 bits per heavy atom. The molecule has 0 spiro atoms. The summed E-state index contributed by atoms with van der Waals surface area (Å²) in [7, 11) is -3.24. The summed E-state index contributed by atoms with van der Waals surface area (Å²) in [5.74, 6) is 0.475. The van der Waals surface area contributed by atoms with Crippen molar-refractivity contribution in [3.05, 3.63) is 30.2 Å². The third-order valence-corrected chi connectivity index (χ3v) is 3.81. The lowest BCUT2D eigenvalue weighted by molar-refractivity contribution is -0.127. The van der Waals surface area contributed by atoms with E-state index in [4.69, 9.17) is 4.42 Å². The predicted molar refractivity (Wildman–Crippen MR) is 75.3 cm³/mol. The molecule has 1 fully saturated rings. The molecule has 1 unspecified atom stereocenters. The Morgan fingerprint density at radius 3 is 3.00 bits per heavy atom. The van der Waals surface area contributed by atoms with E-state index in [0.717, 1.165) is 19.1 Å². The van der Waals surface area contributed by atoms with Crippen LogP contribution < -0.4 is 4.72 Å². The highest BCUT2D eigenvalue weighted by Gasteiger charge is 2.24. The second-order valence-corrected chi connectivity index (χ2v) is 6.64. The molecule has 20 heavy (non-hydrogen) atoms. The number of furan rings is 1. The molecule has 0 bridgehead atoms. The average Bonchev–Trinajstić information content (AvgIpc) is 2.87. The normalized spacial score (nSPS) is 20.4. The molecule has 1 saturated heterocycles. The van der Waals surface area contributed by atoms with Gasteiger partial charge in [0.05, 0.1) is 12.5 Å². The average molecular weight is 298 g/mol. The molecule has 0 saturated carbocycles. The van der Waals surface area contributed by atoms with E-state index in [1.165, 1.54) is 12.3 Å². The van der Waals surface area contributed by atoms with Crippen molar-refractivity contribution < 1.29 is 17.6 Å². The fourth-order valence-electron chi connectivity index (χ4n) is 2.22. The molecule has 0 radical (unpaired) electrons. The summed E-state index contributed by atoms with van der Waals surface area (Å²) in [5, 5.41) is 0. The van der Waals surface area contributed by atoms with E-state index in [2.05, 4.69) is 4.72 Å². The van der Waals surface area contributed by atoms with Crippen LogP contribution in [0.4, 0.5) is 0 Å². The first-order valence-electron chi connectivity index (χ1n) is 6.42. The van der Waals surface area contributed by atoms with Crippen molar-refractivity contribution in [3.63, 3.8) is 0 Å². The molecule has 1 aliphatic heterocycles. The van der Waals surface area contributed by atoms with Crippen LogP contribution in [-0.2, 0) is 14.8 Å². The zero-order chi connectivity index (χ0) is 14.6. The fraction of sp³-hybridized carbons (Fsp3) is 0.462. The number of nitrogens with zero attached hydrogens (tertiary/aromatic N) is 1. The molecular formula is C13H18N2O4S. The Bertz CT molecular complexity index is 578. The van der Waals surface area contributed by atoms with Crippen molar-refractivity contribution in [2.75, 3.05) is 19.3 Å². The van der Waals surface area contributed by atoms with Gasteiger partial charge in [-0.3, -0.25) is 4.79 Å². The van der Waals surface area contributed by atoms with Gasteiger partial charge in [0, 0.05) is 25.2 Å². The van der Waals surface area contributed by atoms with Gasteiger partial charge in [0.2, 0.25) is 15.9 Å². The lowest BCUT2D eigenvalue weighted by atomic mass is 10.1. The molecule has 1 aromatic rings. The highest BCUT2D eigenvalue weighted by molar-refractivity contribution is 7.88. The smallest absolute Gasteiger partial charge is 0.246 e. The molecule has 2 rings (SSSR count).